The number of nitrogens with zero attached hydrogens (tertiary/aromatic N) is 2. The van der Waals surface area contributed by atoms with E-state index < -0.39 is 4.92 Å². The number of rotatable bonds is 5. The van der Waals surface area contributed by atoms with E-state index >= 15 is 0 Å². The Kier molecular flexibility index (Phi) is 4.75. The summed E-state index contributed by atoms with van der Waals surface area (Å²) in [6, 6.07) is 11.0. The van der Waals surface area contributed by atoms with Gasteiger partial charge in [0.2, 0.25) is 0 Å². The van der Waals surface area contributed by atoms with Crippen LogP contribution in [0.2, 0.25) is 0 Å². The maximum Gasteiger partial charge on any atom is 0.292 e. The lowest BCUT2D eigenvalue weighted by atomic mass is 10.1. The molecule has 21 heavy (non-hydrogen) atoms. The van der Waals surface area contributed by atoms with Gasteiger partial charge in [0.15, 0.2) is 0 Å². The average molecular weight is 309 g/mol. The van der Waals surface area contributed by atoms with Crippen LogP contribution in [0.15, 0.2) is 42.5 Å². The third-order valence-corrected chi connectivity index (χ3v) is 3.44. The fraction of sp³-hybridized carbons (Fsp3) is 0.200. The number of benzene rings is 2. The molecule has 0 bridgehead atoms. The van der Waals surface area contributed by atoms with Gasteiger partial charge >= 0.3 is 0 Å². The van der Waals surface area contributed by atoms with Gasteiger partial charge in [0.05, 0.1) is 4.92 Å². The largest absolute Gasteiger partial charge is 0.365 e. The molecule has 0 radical (unpaired) electrons. The molecule has 0 unspecified atom stereocenters. The van der Waals surface area contributed by atoms with Crippen LogP contribution in [-0.4, -0.2) is 12.0 Å². The molecule has 6 heteroatoms. The van der Waals surface area contributed by atoms with Crippen LogP contribution in [0, 0.1) is 15.9 Å². The van der Waals surface area contributed by atoms with Crippen LogP contribution in [0.1, 0.15) is 11.1 Å². The van der Waals surface area contributed by atoms with E-state index in [9.17, 15) is 14.5 Å². The predicted molar refractivity (Wildman–Crippen MR) is 81.2 cm³/mol. The van der Waals surface area contributed by atoms with Crippen molar-refractivity contribution in [3.63, 3.8) is 0 Å². The minimum atomic E-state index is -0.424. The maximum atomic E-state index is 12.9. The summed E-state index contributed by atoms with van der Waals surface area (Å²) in [5.41, 5.74) is 2.08. The van der Waals surface area contributed by atoms with Crippen LogP contribution in [-0.2, 0) is 12.4 Å². The van der Waals surface area contributed by atoms with Crippen LogP contribution < -0.4 is 4.90 Å². The summed E-state index contributed by atoms with van der Waals surface area (Å²) in [7, 11) is 1.76. The third kappa shape index (κ3) is 3.70. The van der Waals surface area contributed by atoms with E-state index in [4.69, 9.17) is 11.6 Å². The molecule has 0 N–H and O–H groups in total. The molecule has 4 nitrogen and oxygen atoms in total. The lowest BCUT2D eigenvalue weighted by Crippen LogP contribution is -2.17. The zero-order chi connectivity index (χ0) is 15.4. The number of nitro benzene ring substituents is 1. The van der Waals surface area contributed by atoms with Crippen molar-refractivity contribution in [3.8, 4) is 0 Å². The van der Waals surface area contributed by atoms with Crippen molar-refractivity contribution in [1.82, 2.24) is 0 Å². The number of halogens is 2. The lowest BCUT2D eigenvalue weighted by Gasteiger charge is -2.19. The summed E-state index contributed by atoms with van der Waals surface area (Å²) >= 11 is 5.71. The van der Waals surface area contributed by atoms with Crippen LogP contribution >= 0.6 is 11.6 Å². The Labute approximate surface area is 126 Å². The first-order valence-corrected chi connectivity index (χ1v) is 6.83. The Hall–Kier alpha value is -2.14. The summed E-state index contributed by atoms with van der Waals surface area (Å²) in [6.07, 6.45) is 0. The molecule has 0 aromatic heterocycles. The highest BCUT2D eigenvalue weighted by atomic mass is 35.5. The van der Waals surface area contributed by atoms with Crippen LogP contribution in [0.4, 0.5) is 15.8 Å². The van der Waals surface area contributed by atoms with Crippen molar-refractivity contribution in [2.75, 3.05) is 11.9 Å². The number of hydrogen-bond acceptors (Lipinski definition) is 3. The molecular formula is C15H14ClFN2O2. The summed E-state index contributed by atoms with van der Waals surface area (Å²) in [6.45, 7) is 0.446. The number of anilines is 1. The van der Waals surface area contributed by atoms with E-state index in [0.717, 1.165) is 5.56 Å². The second-order valence-electron chi connectivity index (χ2n) is 4.70. The minimum absolute atomic E-state index is 0.0118. The van der Waals surface area contributed by atoms with Crippen molar-refractivity contribution in [1.29, 1.82) is 0 Å². The SMILES string of the molecule is CN(Cc1ccc(F)cc1)c1ccc(CCl)cc1[N+](=O)[O-]. The van der Waals surface area contributed by atoms with Crippen LogP contribution in [0.25, 0.3) is 0 Å². The van der Waals surface area contributed by atoms with Gasteiger partial charge in [-0.15, -0.1) is 11.6 Å². The van der Waals surface area contributed by atoms with Gasteiger partial charge in [-0.05, 0) is 29.3 Å². The summed E-state index contributed by atoms with van der Waals surface area (Å²) in [5, 5.41) is 11.2. The summed E-state index contributed by atoms with van der Waals surface area (Å²) in [5.74, 6) is -0.0816. The monoisotopic (exact) mass is 308 g/mol. The topological polar surface area (TPSA) is 46.4 Å². The lowest BCUT2D eigenvalue weighted by molar-refractivity contribution is -0.384. The highest BCUT2D eigenvalue weighted by Gasteiger charge is 2.18. The Morgan fingerprint density at radius 3 is 2.38 bits per heavy atom. The van der Waals surface area contributed by atoms with Crippen molar-refractivity contribution in [2.24, 2.45) is 0 Å². The van der Waals surface area contributed by atoms with Crippen molar-refractivity contribution >= 4 is 23.0 Å². The maximum absolute atomic E-state index is 12.9. The smallest absolute Gasteiger partial charge is 0.292 e. The summed E-state index contributed by atoms with van der Waals surface area (Å²) < 4.78 is 12.9. The molecule has 0 aliphatic carbocycles. The first-order valence-electron chi connectivity index (χ1n) is 6.30. The predicted octanol–water partition coefficient (Wildman–Crippen LogP) is 4.11. The molecule has 0 atom stereocenters. The molecule has 2 aromatic rings. The highest BCUT2D eigenvalue weighted by Crippen LogP contribution is 2.30. The molecule has 0 heterocycles. The molecular weight excluding hydrogens is 295 g/mol. The Bertz CT molecular complexity index is 647. The molecule has 0 saturated heterocycles. The quantitative estimate of drug-likeness (QED) is 0.474. The Balaban J connectivity index is 2.27. The van der Waals surface area contributed by atoms with Crippen molar-refractivity contribution in [3.05, 3.63) is 69.5 Å². The second-order valence-corrected chi connectivity index (χ2v) is 4.96. The highest BCUT2D eigenvalue weighted by molar-refractivity contribution is 6.17. The van der Waals surface area contributed by atoms with Gasteiger partial charge in [0.1, 0.15) is 11.5 Å². The van der Waals surface area contributed by atoms with E-state index in [1.165, 1.54) is 18.2 Å². The summed E-state index contributed by atoms with van der Waals surface area (Å²) in [4.78, 5) is 12.5. The normalized spacial score (nSPS) is 10.4. The standard InChI is InChI=1S/C15H14ClFN2O2/c1-18(10-11-2-5-13(17)6-3-11)14-7-4-12(9-16)8-15(14)19(20)21/h2-8H,9-10H2,1H3. The van der Waals surface area contributed by atoms with Gasteiger partial charge in [-0.2, -0.15) is 0 Å². The van der Waals surface area contributed by atoms with Gasteiger partial charge in [0.25, 0.3) is 5.69 Å². The van der Waals surface area contributed by atoms with Gasteiger partial charge in [-0.25, -0.2) is 4.39 Å². The Morgan fingerprint density at radius 2 is 1.81 bits per heavy atom. The van der Waals surface area contributed by atoms with Gasteiger partial charge < -0.3 is 4.90 Å². The first-order chi connectivity index (χ1) is 10.0. The molecule has 110 valence electrons. The number of alkyl halides is 1. The molecule has 0 saturated carbocycles. The molecule has 0 fully saturated rings. The molecule has 0 amide bonds. The van der Waals surface area contributed by atoms with Gasteiger partial charge in [0, 0.05) is 25.5 Å². The molecule has 0 spiro atoms. The number of hydrogen-bond donors (Lipinski definition) is 0. The minimum Gasteiger partial charge on any atom is -0.365 e. The van der Waals surface area contributed by atoms with E-state index in [1.807, 2.05) is 0 Å². The zero-order valence-corrected chi connectivity index (χ0v) is 12.2. The Morgan fingerprint density at radius 1 is 1.19 bits per heavy atom. The van der Waals surface area contributed by atoms with Crippen molar-refractivity contribution < 1.29 is 9.31 Å². The fourth-order valence-corrected chi connectivity index (χ4v) is 2.24. The van der Waals surface area contributed by atoms with Gasteiger partial charge in [-0.3, -0.25) is 10.1 Å². The van der Waals surface area contributed by atoms with E-state index in [-0.39, 0.29) is 17.4 Å². The van der Waals surface area contributed by atoms with Crippen molar-refractivity contribution in [2.45, 2.75) is 12.4 Å². The molecule has 2 aromatic carbocycles. The molecule has 2 rings (SSSR count). The third-order valence-electron chi connectivity index (χ3n) is 3.14. The first kappa shape index (κ1) is 15.3. The van der Waals surface area contributed by atoms with E-state index in [2.05, 4.69) is 0 Å². The van der Waals surface area contributed by atoms with Crippen LogP contribution in [0.3, 0.4) is 0 Å². The fourth-order valence-electron chi connectivity index (χ4n) is 2.07. The van der Waals surface area contributed by atoms with E-state index in [0.29, 0.717) is 17.8 Å². The zero-order valence-electron chi connectivity index (χ0n) is 11.4. The number of nitro groups is 1. The average Bonchev–Trinajstić information content (AvgIpc) is 2.48. The molecule has 0 aliphatic rings. The van der Waals surface area contributed by atoms with Crippen LogP contribution in [0.5, 0.6) is 0 Å². The molecule has 0 aliphatic heterocycles. The van der Waals surface area contributed by atoms with Gasteiger partial charge in [-0.1, -0.05) is 18.2 Å². The second kappa shape index (κ2) is 6.54. The van der Waals surface area contributed by atoms with E-state index in [1.54, 1.807) is 36.2 Å².